The molecule has 79 heavy (non-hydrogen) atoms. The summed E-state index contributed by atoms with van der Waals surface area (Å²) in [7, 11) is 0. The third kappa shape index (κ3) is 64.3. The van der Waals surface area contributed by atoms with E-state index in [0.29, 0.717) is 19.3 Å². The highest BCUT2D eigenvalue weighted by Gasteiger charge is 2.19. The Balaban J connectivity index is 4.35. The van der Waals surface area contributed by atoms with Gasteiger partial charge in [-0.25, -0.2) is 0 Å². The summed E-state index contributed by atoms with van der Waals surface area (Å²) >= 11 is 0. The van der Waals surface area contributed by atoms with Gasteiger partial charge in [0.1, 0.15) is 13.2 Å². The highest BCUT2D eigenvalue weighted by atomic mass is 16.6. The molecule has 0 aromatic carbocycles. The van der Waals surface area contributed by atoms with E-state index in [1.807, 2.05) is 0 Å². The van der Waals surface area contributed by atoms with Crippen molar-refractivity contribution in [2.45, 2.75) is 297 Å². The minimum absolute atomic E-state index is 0.0871. The highest BCUT2D eigenvalue weighted by molar-refractivity contribution is 5.71. The van der Waals surface area contributed by atoms with Gasteiger partial charge < -0.3 is 14.2 Å². The molecule has 0 heterocycles. The molecule has 0 spiro atoms. The first kappa shape index (κ1) is 74.5. The lowest BCUT2D eigenvalue weighted by Crippen LogP contribution is -2.30. The zero-order chi connectivity index (χ0) is 57.1. The molecule has 6 heteroatoms. The van der Waals surface area contributed by atoms with Gasteiger partial charge in [0.25, 0.3) is 0 Å². The number of allylic oxidation sites excluding steroid dienone is 22. The largest absolute Gasteiger partial charge is 0.462 e. The van der Waals surface area contributed by atoms with E-state index in [0.717, 1.165) is 148 Å². The fourth-order valence-electron chi connectivity index (χ4n) is 8.83. The summed E-state index contributed by atoms with van der Waals surface area (Å²) in [6.45, 7) is 6.40. The van der Waals surface area contributed by atoms with Crippen molar-refractivity contribution in [1.82, 2.24) is 0 Å². The SMILES string of the molecule is CC/C=C\C/C=C\C/C=C\C/C=C\C/C=C\C/C=C\C/C=C\CCCCCCCC(=O)OCC(COC(=O)CCCCCCCCCCCCC)OC(=O)CCCCCCCCCCCC/C=C\C/C=C\C/C=C\C/C=C\CC. The van der Waals surface area contributed by atoms with Crippen LogP contribution in [0.2, 0.25) is 0 Å². The van der Waals surface area contributed by atoms with Gasteiger partial charge in [-0.15, -0.1) is 0 Å². The average Bonchev–Trinajstić information content (AvgIpc) is 3.45. The van der Waals surface area contributed by atoms with Crippen LogP contribution in [0.1, 0.15) is 290 Å². The van der Waals surface area contributed by atoms with E-state index in [4.69, 9.17) is 14.2 Å². The third-order valence-electron chi connectivity index (χ3n) is 13.7. The summed E-state index contributed by atoms with van der Waals surface area (Å²) in [5.74, 6) is -0.908. The van der Waals surface area contributed by atoms with Crippen LogP contribution in [0.3, 0.4) is 0 Å². The molecule has 0 fully saturated rings. The molecule has 448 valence electrons. The van der Waals surface area contributed by atoms with Gasteiger partial charge in [0.05, 0.1) is 0 Å². The minimum atomic E-state index is -0.793. The van der Waals surface area contributed by atoms with Crippen molar-refractivity contribution in [2.75, 3.05) is 13.2 Å². The maximum absolute atomic E-state index is 12.9. The zero-order valence-electron chi connectivity index (χ0n) is 51.3. The van der Waals surface area contributed by atoms with Crippen molar-refractivity contribution in [3.8, 4) is 0 Å². The molecule has 0 aliphatic rings. The Bertz CT molecular complexity index is 1680. The van der Waals surface area contributed by atoms with E-state index in [1.165, 1.54) is 103 Å². The molecule has 0 rings (SSSR count). The lowest BCUT2D eigenvalue weighted by atomic mass is 10.0. The van der Waals surface area contributed by atoms with Crippen LogP contribution in [0.15, 0.2) is 134 Å². The highest BCUT2D eigenvalue weighted by Crippen LogP contribution is 2.16. The van der Waals surface area contributed by atoms with E-state index < -0.39 is 6.10 Å². The second-order valence-corrected chi connectivity index (χ2v) is 21.3. The average molecular weight is 1090 g/mol. The van der Waals surface area contributed by atoms with E-state index in [1.54, 1.807) is 0 Å². The second kappa shape index (κ2) is 66.1. The molecule has 1 unspecified atom stereocenters. The van der Waals surface area contributed by atoms with Crippen molar-refractivity contribution in [2.24, 2.45) is 0 Å². The molecule has 1 atom stereocenters. The van der Waals surface area contributed by atoms with Crippen LogP contribution in [0, 0.1) is 0 Å². The maximum atomic E-state index is 12.9. The molecule has 6 nitrogen and oxygen atoms in total. The van der Waals surface area contributed by atoms with Crippen LogP contribution in [-0.2, 0) is 28.6 Å². The molecule has 0 aliphatic heterocycles. The van der Waals surface area contributed by atoms with E-state index in [9.17, 15) is 14.4 Å². The Morgan fingerprint density at radius 1 is 0.266 bits per heavy atom. The summed E-state index contributed by atoms with van der Waals surface area (Å²) in [5, 5.41) is 0. The number of hydrogen-bond acceptors (Lipinski definition) is 6. The van der Waals surface area contributed by atoms with Crippen molar-refractivity contribution < 1.29 is 28.6 Å². The molecule has 0 N–H and O–H groups in total. The van der Waals surface area contributed by atoms with E-state index in [-0.39, 0.29) is 31.1 Å². The van der Waals surface area contributed by atoms with Crippen LogP contribution in [0.5, 0.6) is 0 Å². The zero-order valence-corrected chi connectivity index (χ0v) is 51.3. The number of carbonyl (C=O) groups is 3. The number of hydrogen-bond donors (Lipinski definition) is 0. The molecule has 0 aromatic heterocycles. The fraction of sp³-hybridized carbons (Fsp3) is 0.658. The Morgan fingerprint density at radius 2 is 0.494 bits per heavy atom. The summed E-state index contributed by atoms with van der Waals surface area (Å²) < 4.78 is 16.9. The van der Waals surface area contributed by atoms with Gasteiger partial charge in [-0.1, -0.05) is 289 Å². The van der Waals surface area contributed by atoms with Gasteiger partial charge in [0.15, 0.2) is 6.10 Å². The molecule has 0 amide bonds. The monoisotopic (exact) mass is 1090 g/mol. The molecular weight excluding hydrogens is 973 g/mol. The predicted octanol–water partition coefficient (Wildman–Crippen LogP) is 22.5. The summed E-state index contributed by atoms with van der Waals surface area (Å²) in [6.07, 6.45) is 93.1. The van der Waals surface area contributed by atoms with E-state index >= 15 is 0 Å². The van der Waals surface area contributed by atoms with Crippen LogP contribution in [-0.4, -0.2) is 37.2 Å². The molecule has 0 aliphatic carbocycles. The number of rotatable bonds is 58. The first-order chi connectivity index (χ1) is 39.0. The number of carbonyl (C=O) groups excluding carboxylic acids is 3. The molecular formula is C73H120O6. The first-order valence-corrected chi connectivity index (χ1v) is 32.7. The lowest BCUT2D eigenvalue weighted by Gasteiger charge is -2.18. The van der Waals surface area contributed by atoms with Crippen molar-refractivity contribution in [3.05, 3.63) is 134 Å². The van der Waals surface area contributed by atoms with Crippen LogP contribution in [0.25, 0.3) is 0 Å². The standard InChI is InChI=1S/C73H120O6/c1-4-7-10-13-16-19-22-24-26-28-30-32-34-35-36-37-39-40-42-44-46-48-51-54-57-60-63-66-72(75)78-69-70(68-77-71(74)65-62-59-56-53-50-21-18-15-12-9-6-3)79-73(76)67-64-61-58-55-52-49-47-45-43-41-38-33-31-29-27-25-23-20-17-14-11-8-5-2/h7-8,10-11,16-17,19-20,24-27,30-33,35-36,39-40,44,46,70H,4-6,9,12-15,18,21-23,28-29,34,37-38,41-43,45,47-69H2,1-3H3/b10-7-,11-8-,19-16-,20-17-,26-24-,27-25-,32-30-,33-31-,36-35-,40-39-,46-44-. The number of unbranched alkanes of at least 4 members (excludes halogenated alkanes) is 25. The van der Waals surface area contributed by atoms with Crippen molar-refractivity contribution in [1.29, 1.82) is 0 Å². The van der Waals surface area contributed by atoms with Crippen molar-refractivity contribution in [3.63, 3.8) is 0 Å². The Hall–Kier alpha value is -4.45. The maximum Gasteiger partial charge on any atom is 0.306 e. The minimum Gasteiger partial charge on any atom is -0.462 e. The van der Waals surface area contributed by atoms with Gasteiger partial charge in [0.2, 0.25) is 0 Å². The summed E-state index contributed by atoms with van der Waals surface area (Å²) in [5.41, 5.74) is 0. The Morgan fingerprint density at radius 3 is 0.772 bits per heavy atom. The van der Waals surface area contributed by atoms with Crippen LogP contribution < -0.4 is 0 Å². The van der Waals surface area contributed by atoms with Crippen molar-refractivity contribution >= 4 is 17.9 Å². The van der Waals surface area contributed by atoms with Crippen LogP contribution >= 0.6 is 0 Å². The Labute approximate surface area is 487 Å². The van der Waals surface area contributed by atoms with Crippen LogP contribution in [0.4, 0.5) is 0 Å². The predicted molar refractivity (Wildman–Crippen MR) is 343 cm³/mol. The number of ether oxygens (including phenoxy) is 3. The van der Waals surface area contributed by atoms with Gasteiger partial charge in [0, 0.05) is 19.3 Å². The molecule has 0 saturated heterocycles. The summed E-state index contributed by atoms with van der Waals surface area (Å²) in [4.78, 5) is 38.3. The summed E-state index contributed by atoms with van der Waals surface area (Å²) in [6, 6.07) is 0. The molecule has 0 aromatic rings. The molecule has 0 saturated carbocycles. The molecule has 0 bridgehead atoms. The second-order valence-electron chi connectivity index (χ2n) is 21.3. The third-order valence-corrected chi connectivity index (χ3v) is 13.7. The topological polar surface area (TPSA) is 78.9 Å². The normalized spacial score (nSPS) is 13.0. The fourth-order valence-corrected chi connectivity index (χ4v) is 8.83. The van der Waals surface area contributed by atoms with Gasteiger partial charge in [-0.2, -0.15) is 0 Å². The van der Waals surface area contributed by atoms with Gasteiger partial charge in [-0.3, -0.25) is 14.4 Å². The Kier molecular flexibility index (Phi) is 62.3. The van der Waals surface area contributed by atoms with E-state index in [2.05, 4.69) is 154 Å². The first-order valence-electron chi connectivity index (χ1n) is 32.7. The smallest absolute Gasteiger partial charge is 0.306 e. The molecule has 0 radical (unpaired) electrons. The lowest BCUT2D eigenvalue weighted by molar-refractivity contribution is -0.167. The number of esters is 3. The van der Waals surface area contributed by atoms with Gasteiger partial charge in [-0.05, 0) is 116 Å². The quantitative estimate of drug-likeness (QED) is 0.0261. The van der Waals surface area contributed by atoms with Gasteiger partial charge >= 0.3 is 17.9 Å².